The number of benzene rings is 3. The average molecular weight is 387 g/mol. The van der Waals surface area contributed by atoms with Gasteiger partial charge in [-0.15, -0.1) is 0 Å². The van der Waals surface area contributed by atoms with Gasteiger partial charge in [-0.2, -0.15) is 0 Å². The molecule has 0 unspecified atom stereocenters. The molecule has 0 atom stereocenters. The number of rotatable bonds is 2. The Labute approximate surface area is 166 Å². The molecular formula is C23H15ClN2O2. The first-order valence-corrected chi connectivity index (χ1v) is 9.29. The molecular weight excluding hydrogens is 372 g/mol. The highest BCUT2D eigenvalue weighted by molar-refractivity contribution is 6.31. The number of hydrogen-bond donors (Lipinski definition) is 0. The molecule has 5 rings (SSSR count). The van der Waals surface area contributed by atoms with Crippen LogP contribution >= 0.6 is 11.6 Å². The summed E-state index contributed by atoms with van der Waals surface area (Å²) in [5.74, 6) is 0.484. The molecule has 28 heavy (non-hydrogen) atoms. The van der Waals surface area contributed by atoms with Gasteiger partial charge in [0.15, 0.2) is 0 Å². The third-order valence-electron chi connectivity index (χ3n) is 4.80. The van der Waals surface area contributed by atoms with Crippen molar-refractivity contribution in [1.29, 1.82) is 0 Å². The minimum Gasteiger partial charge on any atom is -0.439 e. The highest BCUT2D eigenvalue weighted by Gasteiger charge is 2.24. The molecule has 0 spiro atoms. The molecule has 4 nitrogen and oxygen atoms in total. The summed E-state index contributed by atoms with van der Waals surface area (Å²) in [6.07, 6.45) is 1.59. The van der Waals surface area contributed by atoms with Gasteiger partial charge in [-0.25, -0.2) is 0 Å². The zero-order valence-electron chi connectivity index (χ0n) is 14.8. The third-order valence-corrected chi connectivity index (χ3v) is 5.04. The minimum absolute atomic E-state index is 0.145. The van der Waals surface area contributed by atoms with Gasteiger partial charge < -0.3 is 9.32 Å². The number of anilines is 2. The van der Waals surface area contributed by atoms with Crippen LogP contribution in [0.1, 0.15) is 11.1 Å². The van der Waals surface area contributed by atoms with Gasteiger partial charge in [-0.05, 0) is 35.9 Å². The van der Waals surface area contributed by atoms with Crippen LogP contribution < -0.4 is 10.3 Å². The number of nitrogens with zero attached hydrogens (tertiary/aromatic N) is 2. The molecule has 2 heterocycles. The number of aliphatic imine (C=N–C) groups is 1. The van der Waals surface area contributed by atoms with Crippen LogP contribution in [-0.2, 0) is 6.54 Å². The molecule has 0 fully saturated rings. The van der Waals surface area contributed by atoms with Gasteiger partial charge in [0.1, 0.15) is 11.1 Å². The quantitative estimate of drug-likeness (QED) is 0.434. The minimum atomic E-state index is -0.145. The molecule has 0 aliphatic carbocycles. The molecule has 0 amide bonds. The first-order valence-electron chi connectivity index (χ1n) is 8.91. The van der Waals surface area contributed by atoms with Crippen molar-refractivity contribution in [1.82, 2.24) is 0 Å². The summed E-state index contributed by atoms with van der Waals surface area (Å²) in [7, 11) is 0. The fourth-order valence-electron chi connectivity index (χ4n) is 3.45. The molecule has 5 heteroatoms. The van der Waals surface area contributed by atoms with E-state index in [1.165, 1.54) is 0 Å². The van der Waals surface area contributed by atoms with Crippen molar-refractivity contribution in [3.63, 3.8) is 0 Å². The first kappa shape index (κ1) is 16.8. The Morgan fingerprint density at radius 2 is 1.75 bits per heavy atom. The molecule has 0 bridgehead atoms. The van der Waals surface area contributed by atoms with E-state index in [-0.39, 0.29) is 5.43 Å². The van der Waals surface area contributed by atoms with Gasteiger partial charge in [0.2, 0.25) is 11.3 Å². The normalized spacial score (nSPS) is 12.5. The van der Waals surface area contributed by atoms with Crippen molar-refractivity contribution >= 4 is 46.0 Å². The summed E-state index contributed by atoms with van der Waals surface area (Å²) in [4.78, 5) is 19.7. The van der Waals surface area contributed by atoms with Crippen LogP contribution in [0.5, 0.6) is 0 Å². The molecule has 3 aromatic carbocycles. The van der Waals surface area contributed by atoms with E-state index in [1.54, 1.807) is 24.4 Å². The summed E-state index contributed by atoms with van der Waals surface area (Å²) in [5.41, 5.74) is 3.54. The predicted octanol–water partition coefficient (Wildman–Crippen LogP) is 5.85. The summed E-state index contributed by atoms with van der Waals surface area (Å²) < 4.78 is 6.22. The van der Waals surface area contributed by atoms with Crippen LogP contribution in [0.2, 0.25) is 5.02 Å². The fourth-order valence-corrected chi connectivity index (χ4v) is 3.62. The van der Waals surface area contributed by atoms with Crippen molar-refractivity contribution in [2.75, 3.05) is 4.90 Å². The number of halogens is 1. The Morgan fingerprint density at radius 1 is 0.964 bits per heavy atom. The van der Waals surface area contributed by atoms with Crippen molar-refractivity contribution in [3.05, 3.63) is 99.2 Å². The van der Waals surface area contributed by atoms with Crippen LogP contribution in [-0.4, -0.2) is 6.21 Å². The zero-order chi connectivity index (χ0) is 19.1. The summed E-state index contributed by atoms with van der Waals surface area (Å²) in [5, 5.41) is 0.943. The predicted molar refractivity (Wildman–Crippen MR) is 113 cm³/mol. The van der Waals surface area contributed by atoms with Crippen LogP contribution in [0.25, 0.3) is 11.0 Å². The summed E-state index contributed by atoms with van der Waals surface area (Å²) >= 11 is 6.09. The smallest absolute Gasteiger partial charge is 0.213 e. The van der Waals surface area contributed by atoms with Gasteiger partial charge in [0.25, 0.3) is 0 Å². The summed E-state index contributed by atoms with van der Waals surface area (Å²) in [6.45, 7) is 0.552. The molecule has 1 aromatic heterocycles. The second kappa shape index (κ2) is 6.66. The summed E-state index contributed by atoms with van der Waals surface area (Å²) in [6, 6.07) is 22.9. The molecule has 136 valence electrons. The zero-order valence-corrected chi connectivity index (χ0v) is 15.6. The Kier molecular flexibility index (Phi) is 3.99. The van der Waals surface area contributed by atoms with Crippen LogP contribution in [0, 0.1) is 0 Å². The lowest BCUT2D eigenvalue weighted by Gasteiger charge is -2.24. The third kappa shape index (κ3) is 2.79. The van der Waals surface area contributed by atoms with E-state index in [9.17, 15) is 4.79 Å². The molecule has 0 saturated heterocycles. The molecule has 1 aliphatic rings. The molecule has 0 radical (unpaired) electrons. The van der Waals surface area contributed by atoms with E-state index < -0.39 is 0 Å². The van der Waals surface area contributed by atoms with E-state index in [1.807, 2.05) is 59.5 Å². The average Bonchev–Trinajstić information content (AvgIpc) is 2.87. The molecule has 0 saturated carbocycles. The van der Waals surface area contributed by atoms with E-state index in [4.69, 9.17) is 16.0 Å². The standard InChI is InChI=1S/C23H15ClN2O2/c24-16-10-11-21-17(12-16)22(27)18-13-25-19-8-4-5-9-20(19)26(23(18)28-21)14-15-6-2-1-3-7-15/h1-13H,14H2. The lowest BCUT2D eigenvalue weighted by atomic mass is 10.1. The topological polar surface area (TPSA) is 45.8 Å². The highest BCUT2D eigenvalue weighted by atomic mass is 35.5. The maximum Gasteiger partial charge on any atom is 0.213 e. The van der Waals surface area contributed by atoms with Gasteiger partial charge in [-0.1, -0.05) is 54.1 Å². The number of fused-ring (bicyclic) bond motifs is 3. The Bertz CT molecular complexity index is 1280. The molecule has 0 N–H and O–H groups in total. The second-order valence-corrected chi connectivity index (χ2v) is 7.05. The number of hydrogen-bond acceptors (Lipinski definition) is 4. The second-order valence-electron chi connectivity index (χ2n) is 6.61. The van der Waals surface area contributed by atoms with E-state index >= 15 is 0 Å². The number of para-hydroxylation sites is 2. The van der Waals surface area contributed by atoms with Crippen molar-refractivity contribution in [2.24, 2.45) is 4.99 Å². The van der Waals surface area contributed by atoms with Crippen molar-refractivity contribution in [3.8, 4) is 0 Å². The molecule has 4 aromatic rings. The Morgan fingerprint density at radius 3 is 2.61 bits per heavy atom. The maximum absolute atomic E-state index is 13.2. The van der Waals surface area contributed by atoms with Crippen LogP contribution in [0.4, 0.5) is 17.3 Å². The SMILES string of the molecule is O=c1c2c(oc3ccc(Cl)cc13)N(Cc1ccccc1)c1ccccc1N=C2. The Balaban J connectivity index is 1.79. The molecule has 1 aliphatic heterocycles. The largest absolute Gasteiger partial charge is 0.439 e. The van der Waals surface area contributed by atoms with E-state index in [0.29, 0.717) is 34.0 Å². The van der Waals surface area contributed by atoms with Crippen molar-refractivity contribution < 1.29 is 4.42 Å². The van der Waals surface area contributed by atoms with Gasteiger partial charge in [0.05, 0.1) is 23.3 Å². The van der Waals surface area contributed by atoms with Gasteiger partial charge in [0, 0.05) is 11.2 Å². The van der Waals surface area contributed by atoms with Gasteiger partial charge in [-0.3, -0.25) is 9.79 Å². The highest BCUT2D eigenvalue weighted by Crippen LogP contribution is 2.39. The van der Waals surface area contributed by atoms with Crippen molar-refractivity contribution in [2.45, 2.75) is 6.54 Å². The van der Waals surface area contributed by atoms with Crippen LogP contribution in [0.3, 0.4) is 0 Å². The fraction of sp³-hybridized carbons (Fsp3) is 0.0435. The maximum atomic E-state index is 13.2. The lowest BCUT2D eigenvalue weighted by Crippen LogP contribution is -2.21. The Hall–Kier alpha value is -3.37. The monoisotopic (exact) mass is 386 g/mol. The van der Waals surface area contributed by atoms with E-state index in [0.717, 1.165) is 16.9 Å². The first-order chi connectivity index (χ1) is 13.7. The van der Waals surface area contributed by atoms with Gasteiger partial charge >= 0.3 is 0 Å². The lowest BCUT2D eigenvalue weighted by molar-refractivity contribution is 0.592. The van der Waals surface area contributed by atoms with E-state index in [2.05, 4.69) is 4.99 Å². The van der Waals surface area contributed by atoms with Crippen LogP contribution in [0.15, 0.2) is 87.0 Å².